The molecular formula is C20H24N2O5. The number of carbonyl (C=O) groups excluding carboxylic acids is 3. The Morgan fingerprint density at radius 2 is 1.78 bits per heavy atom. The van der Waals surface area contributed by atoms with Gasteiger partial charge in [0.1, 0.15) is 18.0 Å². The second kappa shape index (κ2) is 7.82. The lowest BCUT2D eigenvalue weighted by atomic mass is 9.85. The molecule has 1 aliphatic carbocycles. The first-order valence-corrected chi connectivity index (χ1v) is 8.97. The summed E-state index contributed by atoms with van der Waals surface area (Å²) in [6, 6.07) is 4.95. The number of methoxy groups -OCH3 is 2. The molecule has 1 N–H and O–H groups in total. The van der Waals surface area contributed by atoms with Crippen LogP contribution in [0.2, 0.25) is 0 Å². The zero-order valence-corrected chi connectivity index (χ0v) is 15.7. The molecule has 7 nitrogen and oxygen atoms in total. The van der Waals surface area contributed by atoms with E-state index in [0.717, 1.165) is 10.5 Å². The van der Waals surface area contributed by atoms with Crippen LogP contribution in [0.15, 0.2) is 30.4 Å². The van der Waals surface area contributed by atoms with Gasteiger partial charge in [0.15, 0.2) is 0 Å². The summed E-state index contributed by atoms with van der Waals surface area (Å²) in [4.78, 5) is 38.5. The third-order valence-corrected chi connectivity index (χ3v) is 5.18. The lowest BCUT2D eigenvalue weighted by Crippen LogP contribution is -2.41. The van der Waals surface area contributed by atoms with E-state index in [9.17, 15) is 14.4 Å². The van der Waals surface area contributed by atoms with Crippen molar-refractivity contribution in [3.05, 3.63) is 35.9 Å². The summed E-state index contributed by atoms with van der Waals surface area (Å²) in [5, 5.41) is 2.84. The molecule has 1 aliphatic heterocycles. The van der Waals surface area contributed by atoms with E-state index in [-0.39, 0.29) is 42.1 Å². The monoisotopic (exact) mass is 372 g/mol. The van der Waals surface area contributed by atoms with Gasteiger partial charge in [0.05, 0.1) is 32.1 Å². The summed E-state index contributed by atoms with van der Waals surface area (Å²) < 4.78 is 10.6. The molecule has 3 amide bonds. The molecule has 7 heteroatoms. The highest BCUT2D eigenvalue weighted by atomic mass is 16.5. The van der Waals surface area contributed by atoms with Crippen molar-refractivity contribution < 1.29 is 23.9 Å². The molecular weight excluding hydrogens is 348 g/mol. The van der Waals surface area contributed by atoms with Crippen LogP contribution in [-0.4, -0.2) is 43.4 Å². The van der Waals surface area contributed by atoms with Gasteiger partial charge in [-0.2, -0.15) is 0 Å². The zero-order valence-electron chi connectivity index (χ0n) is 15.7. The number of nitrogens with zero attached hydrogens (tertiary/aromatic N) is 1. The van der Waals surface area contributed by atoms with E-state index in [1.807, 2.05) is 19.1 Å². The summed E-state index contributed by atoms with van der Waals surface area (Å²) in [6.07, 6.45) is 4.97. The predicted octanol–water partition coefficient (Wildman–Crippen LogP) is 1.83. The first-order chi connectivity index (χ1) is 13.0. The first-order valence-electron chi connectivity index (χ1n) is 8.97. The number of hydrogen-bond donors (Lipinski definition) is 1. The fraction of sp³-hybridized carbons (Fsp3) is 0.450. The number of rotatable bonds is 6. The van der Waals surface area contributed by atoms with E-state index < -0.39 is 0 Å². The summed E-state index contributed by atoms with van der Waals surface area (Å²) in [7, 11) is 3.12. The van der Waals surface area contributed by atoms with Crippen LogP contribution in [-0.2, 0) is 14.4 Å². The molecule has 0 saturated carbocycles. The van der Waals surface area contributed by atoms with Crippen molar-refractivity contribution in [2.45, 2.75) is 25.8 Å². The van der Waals surface area contributed by atoms with Crippen LogP contribution < -0.4 is 14.8 Å². The number of fused-ring (bicyclic) bond motifs is 1. The minimum atomic E-state index is -0.388. The number of benzene rings is 1. The second-order valence-electron chi connectivity index (χ2n) is 6.82. The Balaban J connectivity index is 1.67. The Labute approximate surface area is 158 Å². The van der Waals surface area contributed by atoms with E-state index in [1.165, 1.54) is 0 Å². The number of ether oxygens (including phenoxy) is 2. The third kappa shape index (κ3) is 3.67. The Morgan fingerprint density at radius 3 is 2.33 bits per heavy atom. The molecule has 0 aromatic heterocycles. The van der Waals surface area contributed by atoms with Gasteiger partial charge >= 0.3 is 0 Å². The Hall–Kier alpha value is -2.83. The molecule has 0 spiro atoms. The number of allylic oxidation sites excluding steroid dienone is 2. The summed E-state index contributed by atoms with van der Waals surface area (Å²) in [5.41, 5.74) is 0.752. The Kier molecular flexibility index (Phi) is 5.48. The van der Waals surface area contributed by atoms with Gasteiger partial charge in [0.2, 0.25) is 17.7 Å². The van der Waals surface area contributed by atoms with Crippen molar-refractivity contribution in [2.24, 2.45) is 11.8 Å². The maximum absolute atomic E-state index is 12.5. The molecule has 0 radical (unpaired) electrons. The van der Waals surface area contributed by atoms with Gasteiger partial charge in [-0.3, -0.25) is 19.3 Å². The fourth-order valence-corrected chi connectivity index (χ4v) is 3.71. The quantitative estimate of drug-likeness (QED) is 0.608. The standard InChI is InChI=1S/C20H24N2O5/c1-12(16-10-13(26-2)8-9-17(16)27-3)21-18(23)11-22-19(24)14-6-4-5-7-15(14)20(22)25/h4-5,8-10,12,14-15H,6-7,11H2,1-3H3,(H,21,23). The third-order valence-electron chi connectivity index (χ3n) is 5.18. The van der Waals surface area contributed by atoms with Gasteiger partial charge in [-0.1, -0.05) is 12.2 Å². The summed E-state index contributed by atoms with van der Waals surface area (Å²) in [6.45, 7) is 1.55. The van der Waals surface area contributed by atoms with E-state index in [2.05, 4.69) is 5.32 Å². The van der Waals surface area contributed by atoms with Crippen LogP contribution in [0.1, 0.15) is 31.4 Å². The normalized spacial score (nSPS) is 22.4. The van der Waals surface area contributed by atoms with E-state index in [1.54, 1.807) is 32.4 Å². The maximum atomic E-state index is 12.5. The molecule has 3 unspecified atom stereocenters. The highest BCUT2D eigenvalue weighted by molar-refractivity contribution is 6.07. The number of hydrogen-bond acceptors (Lipinski definition) is 5. The van der Waals surface area contributed by atoms with Crippen LogP contribution in [0.5, 0.6) is 11.5 Å². The lowest BCUT2D eigenvalue weighted by Gasteiger charge is -2.20. The van der Waals surface area contributed by atoms with Gasteiger partial charge in [0, 0.05) is 5.56 Å². The fourth-order valence-electron chi connectivity index (χ4n) is 3.71. The molecule has 1 aromatic carbocycles. The van der Waals surface area contributed by atoms with Gasteiger partial charge in [0.25, 0.3) is 0 Å². The molecule has 1 heterocycles. The molecule has 144 valence electrons. The average molecular weight is 372 g/mol. The van der Waals surface area contributed by atoms with Gasteiger partial charge < -0.3 is 14.8 Å². The van der Waals surface area contributed by atoms with Gasteiger partial charge in [-0.05, 0) is 38.0 Å². The van der Waals surface area contributed by atoms with Crippen LogP contribution >= 0.6 is 0 Å². The highest BCUT2D eigenvalue weighted by Crippen LogP contribution is 2.35. The first kappa shape index (κ1) is 18.9. The van der Waals surface area contributed by atoms with E-state index in [4.69, 9.17) is 9.47 Å². The number of nitrogens with one attached hydrogen (secondary N) is 1. The average Bonchev–Trinajstić information content (AvgIpc) is 2.92. The second-order valence-corrected chi connectivity index (χ2v) is 6.82. The van der Waals surface area contributed by atoms with Crippen molar-refractivity contribution in [1.82, 2.24) is 10.2 Å². The number of amides is 3. The Bertz CT molecular complexity index is 763. The van der Waals surface area contributed by atoms with Crippen LogP contribution in [0.4, 0.5) is 0 Å². The van der Waals surface area contributed by atoms with Crippen molar-refractivity contribution in [1.29, 1.82) is 0 Å². The molecule has 3 rings (SSSR count). The SMILES string of the molecule is COc1ccc(OC)c(C(C)NC(=O)CN2C(=O)C3CC=CCC3C2=O)c1. The topological polar surface area (TPSA) is 84.9 Å². The number of carbonyl (C=O) groups is 3. The smallest absolute Gasteiger partial charge is 0.240 e. The maximum Gasteiger partial charge on any atom is 0.240 e. The molecule has 1 saturated heterocycles. The molecule has 2 aliphatic rings. The molecule has 27 heavy (non-hydrogen) atoms. The van der Waals surface area contributed by atoms with E-state index >= 15 is 0 Å². The number of likely N-dealkylation sites (tertiary alicyclic amines) is 1. The van der Waals surface area contributed by atoms with Crippen molar-refractivity contribution in [2.75, 3.05) is 20.8 Å². The van der Waals surface area contributed by atoms with Crippen LogP contribution in [0, 0.1) is 11.8 Å². The minimum Gasteiger partial charge on any atom is -0.497 e. The molecule has 1 fully saturated rings. The highest BCUT2D eigenvalue weighted by Gasteiger charge is 2.47. The predicted molar refractivity (Wildman–Crippen MR) is 98.2 cm³/mol. The van der Waals surface area contributed by atoms with Crippen molar-refractivity contribution in [3.63, 3.8) is 0 Å². The Morgan fingerprint density at radius 1 is 1.15 bits per heavy atom. The van der Waals surface area contributed by atoms with Gasteiger partial charge in [-0.15, -0.1) is 0 Å². The molecule has 0 bridgehead atoms. The van der Waals surface area contributed by atoms with Crippen molar-refractivity contribution in [3.8, 4) is 11.5 Å². The summed E-state index contributed by atoms with van der Waals surface area (Å²) >= 11 is 0. The minimum absolute atomic E-state index is 0.254. The van der Waals surface area contributed by atoms with Crippen LogP contribution in [0.25, 0.3) is 0 Å². The molecule has 3 atom stereocenters. The zero-order chi connectivity index (χ0) is 19.6. The molecule has 1 aromatic rings. The lowest BCUT2D eigenvalue weighted by molar-refractivity contribution is -0.143. The summed E-state index contributed by atoms with van der Waals surface area (Å²) in [5.74, 6) is -0.285. The van der Waals surface area contributed by atoms with Crippen molar-refractivity contribution >= 4 is 17.7 Å². The number of imide groups is 1. The van der Waals surface area contributed by atoms with Crippen LogP contribution in [0.3, 0.4) is 0 Å². The van der Waals surface area contributed by atoms with E-state index in [0.29, 0.717) is 24.3 Å². The largest absolute Gasteiger partial charge is 0.497 e. The van der Waals surface area contributed by atoms with Gasteiger partial charge in [-0.25, -0.2) is 0 Å².